The van der Waals surface area contributed by atoms with Crippen molar-refractivity contribution in [2.75, 3.05) is 13.7 Å². The molecule has 1 heterocycles. The second-order valence-corrected chi connectivity index (χ2v) is 6.20. The molecular formula is C21H20N4O5. The first kappa shape index (κ1) is 20.7. The normalized spacial score (nSPS) is 10.9. The van der Waals surface area contributed by atoms with Gasteiger partial charge in [-0.2, -0.15) is 0 Å². The number of nitrogens with zero attached hydrogens (tertiary/aromatic N) is 4. The summed E-state index contributed by atoms with van der Waals surface area (Å²) in [6, 6.07) is 15.0. The Kier molecular flexibility index (Phi) is 6.21. The summed E-state index contributed by atoms with van der Waals surface area (Å²) in [6.07, 6.45) is 0. The SMILES string of the molecule is CCOC(=O)c1c(OC)c(N=Nc2ccc([N+](=O)[O-])cc2)n(C)c1-c1ccccc1. The van der Waals surface area contributed by atoms with Gasteiger partial charge in [-0.3, -0.25) is 10.1 Å². The van der Waals surface area contributed by atoms with Crippen LogP contribution in [0.4, 0.5) is 17.2 Å². The highest BCUT2D eigenvalue weighted by Gasteiger charge is 2.29. The Labute approximate surface area is 172 Å². The van der Waals surface area contributed by atoms with Crippen LogP contribution in [0.15, 0.2) is 64.8 Å². The Morgan fingerprint density at radius 3 is 2.33 bits per heavy atom. The summed E-state index contributed by atoms with van der Waals surface area (Å²) in [6.45, 7) is 1.94. The number of hydrogen-bond donors (Lipinski definition) is 0. The lowest BCUT2D eigenvalue weighted by Gasteiger charge is -2.07. The third-order valence-electron chi connectivity index (χ3n) is 4.37. The number of esters is 1. The maximum absolute atomic E-state index is 12.7. The minimum absolute atomic E-state index is 0.0404. The minimum Gasteiger partial charge on any atom is -0.492 e. The minimum atomic E-state index is -0.527. The van der Waals surface area contributed by atoms with Crippen molar-refractivity contribution >= 4 is 23.2 Å². The quantitative estimate of drug-likeness (QED) is 0.231. The molecule has 0 atom stereocenters. The maximum Gasteiger partial charge on any atom is 0.344 e. The molecule has 9 heteroatoms. The number of rotatable bonds is 7. The molecule has 0 bridgehead atoms. The summed E-state index contributed by atoms with van der Waals surface area (Å²) in [5, 5.41) is 19.2. The third kappa shape index (κ3) is 4.04. The van der Waals surface area contributed by atoms with Gasteiger partial charge in [-0.15, -0.1) is 10.2 Å². The fraction of sp³-hybridized carbons (Fsp3) is 0.190. The molecule has 0 aliphatic carbocycles. The summed E-state index contributed by atoms with van der Waals surface area (Å²) >= 11 is 0. The van der Waals surface area contributed by atoms with Gasteiger partial charge in [0.2, 0.25) is 0 Å². The van der Waals surface area contributed by atoms with E-state index in [9.17, 15) is 14.9 Å². The Hall–Kier alpha value is -4.01. The molecule has 0 aliphatic heterocycles. The molecule has 0 saturated carbocycles. The van der Waals surface area contributed by atoms with Crippen molar-refractivity contribution in [2.24, 2.45) is 17.3 Å². The fourth-order valence-electron chi connectivity index (χ4n) is 3.02. The zero-order valence-electron chi connectivity index (χ0n) is 16.7. The number of methoxy groups -OCH3 is 1. The van der Waals surface area contributed by atoms with Crippen LogP contribution in [0.5, 0.6) is 5.75 Å². The van der Waals surface area contributed by atoms with Crippen molar-refractivity contribution in [1.82, 2.24) is 4.57 Å². The number of hydrogen-bond acceptors (Lipinski definition) is 7. The van der Waals surface area contributed by atoms with E-state index in [-0.39, 0.29) is 23.6 Å². The average molecular weight is 408 g/mol. The molecule has 0 radical (unpaired) electrons. The lowest BCUT2D eigenvalue weighted by molar-refractivity contribution is -0.384. The van der Waals surface area contributed by atoms with Crippen molar-refractivity contribution in [3.63, 3.8) is 0 Å². The standard InChI is InChI=1S/C21H20N4O5/c1-4-30-21(26)17-18(14-8-6-5-7-9-14)24(2)20(19(17)29-3)23-22-15-10-12-16(13-11-15)25(27)28/h5-13H,4H2,1-3H3. The molecule has 0 N–H and O–H groups in total. The van der Waals surface area contributed by atoms with E-state index in [0.717, 1.165) is 5.56 Å². The van der Waals surface area contributed by atoms with Crippen LogP contribution in [0.25, 0.3) is 11.3 Å². The van der Waals surface area contributed by atoms with Gasteiger partial charge in [0, 0.05) is 19.2 Å². The second-order valence-electron chi connectivity index (χ2n) is 6.20. The van der Waals surface area contributed by atoms with Gasteiger partial charge in [0.15, 0.2) is 11.6 Å². The van der Waals surface area contributed by atoms with E-state index < -0.39 is 10.9 Å². The third-order valence-corrected chi connectivity index (χ3v) is 4.37. The molecule has 3 rings (SSSR count). The zero-order valence-corrected chi connectivity index (χ0v) is 16.7. The summed E-state index contributed by atoms with van der Waals surface area (Å²) in [4.78, 5) is 23.0. The molecule has 0 unspecified atom stereocenters. The largest absolute Gasteiger partial charge is 0.492 e. The molecule has 0 saturated heterocycles. The van der Waals surface area contributed by atoms with Crippen molar-refractivity contribution in [3.05, 3.63) is 70.3 Å². The lowest BCUT2D eigenvalue weighted by Crippen LogP contribution is -2.07. The zero-order chi connectivity index (χ0) is 21.7. The van der Waals surface area contributed by atoms with Gasteiger partial charge in [0.25, 0.3) is 5.69 Å². The van der Waals surface area contributed by atoms with E-state index in [2.05, 4.69) is 10.2 Å². The highest BCUT2D eigenvalue weighted by Crippen LogP contribution is 2.42. The van der Waals surface area contributed by atoms with Crippen LogP contribution in [-0.4, -0.2) is 29.2 Å². The molecule has 0 amide bonds. The number of ether oxygens (including phenoxy) is 2. The van der Waals surface area contributed by atoms with Crippen molar-refractivity contribution in [3.8, 4) is 17.0 Å². The van der Waals surface area contributed by atoms with Gasteiger partial charge in [-0.05, 0) is 24.6 Å². The van der Waals surface area contributed by atoms with Gasteiger partial charge < -0.3 is 14.0 Å². The number of nitro benzene ring substituents is 1. The second kappa shape index (κ2) is 8.99. The number of aromatic nitrogens is 1. The smallest absolute Gasteiger partial charge is 0.344 e. The maximum atomic E-state index is 12.7. The van der Waals surface area contributed by atoms with Crippen LogP contribution in [0, 0.1) is 10.1 Å². The first-order chi connectivity index (χ1) is 14.5. The first-order valence-corrected chi connectivity index (χ1v) is 9.13. The van der Waals surface area contributed by atoms with E-state index in [1.165, 1.54) is 31.4 Å². The number of carbonyl (C=O) groups is 1. The van der Waals surface area contributed by atoms with Crippen LogP contribution in [0.3, 0.4) is 0 Å². The Bertz CT molecular complexity index is 1090. The van der Waals surface area contributed by atoms with E-state index in [4.69, 9.17) is 9.47 Å². The predicted molar refractivity (Wildman–Crippen MR) is 111 cm³/mol. The van der Waals surface area contributed by atoms with Gasteiger partial charge in [0.05, 0.1) is 30.0 Å². The molecule has 0 spiro atoms. The van der Waals surface area contributed by atoms with Crippen LogP contribution in [0.2, 0.25) is 0 Å². The van der Waals surface area contributed by atoms with Crippen molar-refractivity contribution in [1.29, 1.82) is 0 Å². The van der Waals surface area contributed by atoms with E-state index >= 15 is 0 Å². The van der Waals surface area contributed by atoms with Gasteiger partial charge in [-0.25, -0.2) is 4.79 Å². The monoisotopic (exact) mass is 408 g/mol. The molecule has 30 heavy (non-hydrogen) atoms. The summed E-state index contributed by atoms with van der Waals surface area (Å²) in [7, 11) is 3.19. The highest BCUT2D eigenvalue weighted by atomic mass is 16.6. The summed E-state index contributed by atoms with van der Waals surface area (Å²) in [5.41, 5.74) is 2.01. The lowest BCUT2D eigenvalue weighted by atomic mass is 10.1. The predicted octanol–water partition coefficient (Wildman–Crippen LogP) is 5.20. The number of non-ortho nitro benzene ring substituents is 1. The van der Waals surface area contributed by atoms with Crippen molar-refractivity contribution < 1.29 is 19.2 Å². The highest BCUT2D eigenvalue weighted by molar-refractivity contribution is 6.02. The molecule has 0 aliphatic rings. The molecular weight excluding hydrogens is 388 g/mol. The number of carbonyl (C=O) groups excluding carboxylic acids is 1. The molecule has 1 aromatic heterocycles. The Morgan fingerprint density at radius 2 is 1.77 bits per heavy atom. The fourth-order valence-corrected chi connectivity index (χ4v) is 3.02. The molecule has 9 nitrogen and oxygen atoms in total. The topological polar surface area (TPSA) is 108 Å². The van der Waals surface area contributed by atoms with Crippen LogP contribution in [-0.2, 0) is 11.8 Å². The Morgan fingerprint density at radius 1 is 1.10 bits per heavy atom. The first-order valence-electron chi connectivity index (χ1n) is 9.13. The van der Waals surface area contributed by atoms with Gasteiger partial charge in [0.1, 0.15) is 5.56 Å². The van der Waals surface area contributed by atoms with Crippen LogP contribution >= 0.6 is 0 Å². The Balaban J connectivity index is 2.12. The van der Waals surface area contributed by atoms with E-state index in [1.807, 2.05) is 30.3 Å². The van der Waals surface area contributed by atoms with E-state index in [1.54, 1.807) is 18.5 Å². The molecule has 0 fully saturated rings. The number of nitro groups is 1. The summed E-state index contributed by atoms with van der Waals surface area (Å²) in [5.74, 6) is 0.0267. The average Bonchev–Trinajstić information content (AvgIpc) is 3.04. The molecule has 2 aromatic carbocycles. The van der Waals surface area contributed by atoms with Gasteiger partial charge >= 0.3 is 5.97 Å². The molecule has 3 aromatic rings. The van der Waals surface area contributed by atoms with Crippen LogP contribution in [0.1, 0.15) is 17.3 Å². The van der Waals surface area contributed by atoms with Crippen molar-refractivity contribution in [2.45, 2.75) is 6.92 Å². The van der Waals surface area contributed by atoms with E-state index in [0.29, 0.717) is 17.2 Å². The number of benzene rings is 2. The van der Waals surface area contributed by atoms with Gasteiger partial charge in [-0.1, -0.05) is 30.3 Å². The molecule has 154 valence electrons. The summed E-state index contributed by atoms with van der Waals surface area (Å²) < 4.78 is 12.4. The number of azo groups is 1. The van der Waals surface area contributed by atoms with Crippen LogP contribution < -0.4 is 4.74 Å².